The van der Waals surface area contributed by atoms with Gasteiger partial charge >= 0.3 is 12.2 Å². The largest absolute Gasteiger partial charge is 0.415 e. The SMILES string of the molecule is Cc1cc(-c2nnc(N)o2)nc2c1=CC(C1CC1)C(C)C=2C(F)(F)F. The molecule has 0 spiro atoms. The van der Waals surface area contributed by atoms with E-state index in [0.29, 0.717) is 16.7 Å². The number of fused-ring (bicyclic) bond motifs is 1. The predicted octanol–water partition coefficient (Wildman–Crippen LogP) is 2.19. The maximum atomic E-state index is 13.8. The van der Waals surface area contributed by atoms with Gasteiger partial charge in [0.1, 0.15) is 5.69 Å². The Morgan fingerprint density at radius 2 is 1.96 bits per heavy atom. The summed E-state index contributed by atoms with van der Waals surface area (Å²) in [5, 5.41) is 7.79. The number of anilines is 1. The molecule has 0 saturated heterocycles. The van der Waals surface area contributed by atoms with Crippen molar-refractivity contribution in [3.63, 3.8) is 0 Å². The smallest absolute Gasteiger partial charge is 0.402 e. The third-order valence-corrected chi connectivity index (χ3v) is 5.04. The highest BCUT2D eigenvalue weighted by Gasteiger charge is 2.45. The lowest BCUT2D eigenvalue weighted by Crippen LogP contribution is -2.44. The fraction of sp³-hybridized carbons (Fsp3) is 0.471. The molecule has 5 nitrogen and oxygen atoms in total. The van der Waals surface area contributed by atoms with Crippen LogP contribution in [0.15, 0.2) is 10.5 Å². The molecule has 132 valence electrons. The zero-order chi connectivity index (χ0) is 17.9. The second-order valence-electron chi connectivity index (χ2n) is 6.81. The van der Waals surface area contributed by atoms with Crippen LogP contribution in [0.2, 0.25) is 0 Å². The zero-order valence-electron chi connectivity index (χ0n) is 13.8. The van der Waals surface area contributed by atoms with E-state index < -0.39 is 17.7 Å². The van der Waals surface area contributed by atoms with Crippen molar-refractivity contribution in [1.82, 2.24) is 15.2 Å². The number of nitrogens with zero attached hydrogens (tertiary/aromatic N) is 3. The molecule has 0 radical (unpaired) electrons. The second kappa shape index (κ2) is 5.31. The fourth-order valence-corrected chi connectivity index (χ4v) is 3.71. The molecule has 2 aromatic heterocycles. The molecule has 0 bridgehead atoms. The molecule has 4 rings (SSSR count). The van der Waals surface area contributed by atoms with E-state index in [1.54, 1.807) is 19.9 Å². The molecule has 2 aromatic rings. The topological polar surface area (TPSA) is 77.8 Å². The first-order chi connectivity index (χ1) is 11.8. The van der Waals surface area contributed by atoms with Gasteiger partial charge in [0.2, 0.25) is 0 Å². The number of hydrogen-bond donors (Lipinski definition) is 1. The van der Waals surface area contributed by atoms with Gasteiger partial charge in [0, 0.05) is 0 Å². The van der Waals surface area contributed by atoms with Gasteiger partial charge in [-0.15, -0.1) is 5.10 Å². The lowest BCUT2D eigenvalue weighted by molar-refractivity contribution is -0.0771. The van der Waals surface area contributed by atoms with Crippen molar-refractivity contribution in [3.05, 3.63) is 22.2 Å². The molecule has 2 atom stereocenters. The maximum absolute atomic E-state index is 13.8. The van der Waals surface area contributed by atoms with Crippen LogP contribution in [0.3, 0.4) is 0 Å². The van der Waals surface area contributed by atoms with Crippen molar-refractivity contribution in [2.45, 2.75) is 32.9 Å². The number of halogens is 3. The van der Waals surface area contributed by atoms with Gasteiger partial charge in [0.25, 0.3) is 5.89 Å². The van der Waals surface area contributed by atoms with E-state index in [0.717, 1.165) is 12.8 Å². The highest BCUT2D eigenvalue weighted by atomic mass is 19.4. The van der Waals surface area contributed by atoms with Gasteiger partial charge in [0.15, 0.2) is 0 Å². The summed E-state index contributed by atoms with van der Waals surface area (Å²) in [5.74, 6) is -0.387. The Labute approximate surface area is 141 Å². The summed E-state index contributed by atoms with van der Waals surface area (Å²) in [7, 11) is 0. The van der Waals surface area contributed by atoms with Crippen LogP contribution < -0.4 is 16.3 Å². The molecule has 0 aliphatic heterocycles. The van der Waals surface area contributed by atoms with Gasteiger partial charge in [-0.1, -0.05) is 18.1 Å². The Morgan fingerprint density at radius 3 is 2.52 bits per heavy atom. The van der Waals surface area contributed by atoms with E-state index in [4.69, 9.17) is 10.2 Å². The number of hydrogen-bond acceptors (Lipinski definition) is 5. The molecule has 2 N–H and O–H groups in total. The lowest BCUT2D eigenvalue weighted by atomic mass is 9.79. The minimum absolute atomic E-state index is 0.0156. The summed E-state index contributed by atoms with van der Waals surface area (Å²) in [6, 6.07) is 1.51. The summed E-state index contributed by atoms with van der Waals surface area (Å²) in [6.07, 6.45) is -0.516. The third-order valence-electron chi connectivity index (χ3n) is 5.04. The second-order valence-corrected chi connectivity index (χ2v) is 6.81. The van der Waals surface area contributed by atoms with Gasteiger partial charge in [0.05, 0.1) is 10.9 Å². The minimum Gasteiger partial charge on any atom is -0.402 e. The number of nitrogen functional groups attached to an aromatic ring is 1. The first-order valence-corrected chi connectivity index (χ1v) is 8.16. The van der Waals surface area contributed by atoms with Crippen LogP contribution in [0.25, 0.3) is 23.2 Å². The van der Waals surface area contributed by atoms with Crippen LogP contribution in [0.4, 0.5) is 19.2 Å². The molecule has 1 saturated carbocycles. The van der Waals surface area contributed by atoms with Crippen molar-refractivity contribution >= 4 is 17.7 Å². The van der Waals surface area contributed by atoms with Gasteiger partial charge < -0.3 is 10.2 Å². The molecule has 2 heterocycles. The molecule has 8 heteroatoms. The molecule has 25 heavy (non-hydrogen) atoms. The number of pyridine rings is 1. The van der Waals surface area contributed by atoms with Gasteiger partial charge in [-0.25, -0.2) is 4.98 Å². The highest BCUT2D eigenvalue weighted by molar-refractivity contribution is 5.61. The Balaban J connectivity index is 2.02. The van der Waals surface area contributed by atoms with E-state index in [1.807, 2.05) is 6.08 Å². The molecule has 0 amide bonds. The highest BCUT2D eigenvalue weighted by Crippen LogP contribution is 2.47. The molecule has 2 unspecified atom stereocenters. The van der Waals surface area contributed by atoms with Crippen LogP contribution in [0.1, 0.15) is 25.3 Å². The van der Waals surface area contributed by atoms with Crippen LogP contribution in [0, 0.1) is 24.7 Å². The average Bonchev–Trinajstić information content (AvgIpc) is 3.26. The average molecular weight is 350 g/mol. The van der Waals surface area contributed by atoms with E-state index in [-0.39, 0.29) is 28.9 Å². The van der Waals surface area contributed by atoms with E-state index >= 15 is 0 Å². The summed E-state index contributed by atoms with van der Waals surface area (Å²) in [5.41, 5.74) is 5.75. The molecule has 2 aliphatic rings. The molecule has 2 aliphatic carbocycles. The van der Waals surface area contributed by atoms with E-state index in [9.17, 15) is 13.2 Å². The van der Waals surface area contributed by atoms with Crippen LogP contribution in [-0.2, 0) is 0 Å². The number of aryl methyl sites for hydroxylation is 1. The number of aromatic nitrogens is 3. The first-order valence-electron chi connectivity index (χ1n) is 8.16. The van der Waals surface area contributed by atoms with Crippen molar-refractivity contribution < 1.29 is 17.6 Å². The standard InChI is InChI=1S/C17H17F3N4O/c1-7-5-12(15-23-24-16(21)25-15)22-14-10(7)6-11(9-3-4-9)8(2)13(14)17(18,19)20/h5-6,8-9,11H,3-4H2,1-2H3,(H2,21,24). The van der Waals surface area contributed by atoms with Crippen molar-refractivity contribution in [1.29, 1.82) is 0 Å². The number of rotatable bonds is 2. The third kappa shape index (κ3) is 2.69. The maximum Gasteiger partial charge on any atom is 0.415 e. The fourth-order valence-electron chi connectivity index (χ4n) is 3.71. The quantitative estimate of drug-likeness (QED) is 0.898. The summed E-state index contributed by atoms with van der Waals surface area (Å²) in [6.45, 7) is 3.41. The first kappa shape index (κ1) is 16.1. The van der Waals surface area contributed by atoms with Crippen molar-refractivity contribution in [2.75, 3.05) is 5.73 Å². The van der Waals surface area contributed by atoms with Crippen LogP contribution >= 0.6 is 0 Å². The molecule has 0 aromatic carbocycles. The Bertz CT molecular complexity index is 959. The minimum atomic E-state index is -4.44. The van der Waals surface area contributed by atoms with Gasteiger partial charge in [-0.05, 0) is 54.4 Å². The zero-order valence-corrected chi connectivity index (χ0v) is 13.8. The Morgan fingerprint density at radius 1 is 1.24 bits per heavy atom. The monoisotopic (exact) mass is 350 g/mol. The molecular weight excluding hydrogens is 333 g/mol. The van der Waals surface area contributed by atoms with Crippen LogP contribution in [-0.4, -0.2) is 21.4 Å². The molecular formula is C17H17F3N4O. The van der Waals surface area contributed by atoms with Gasteiger partial charge in [-0.3, -0.25) is 0 Å². The van der Waals surface area contributed by atoms with Crippen LogP contribution in [0.5, 0.6) is 0 Å². The Kier molecular flexibility index (Phi) is 3.42. The normalized spacial score (nSPS) is 23.3. The summed E-state index contributed by atoms with van der Waals surface area (Å²) < 4.78 is 46.6. The van der Waals surface area contributed by atoms with E-state index in [1.165, 1.54) is 0 Å². The molecule has 1 fully saturated rings. The van der Waals surface area contributed by atoms with E-state index in [2.05, 4.69) is 15.2 Å². The Hall–Kier alpha value is -2.38. The van der Waals surface area contributed by atoms with Gasteiger partial charge in [-0.2, -0.15) is 13.2 Å². The number of alkyl halides is 3. The van der Waals surface area contributed by atoms with Crippen molar-refractivity contribution in [2.24, 2.45) is 17.8 Å². The summed E-state index contributed by atoms with van der Waals surface area (Å²) >= 11 is 0. The van der Waals surface area contributed by atoms with Crippen molar-refractivity contribution in [3.8, 4) is 11.6 Å². The lowest BCUT2D eigenvalue weighted by Gasteiger charge is -2.28. The number of nitrogens with two attached hydrogens (primary N) is 1. The predicted molar refractivity (Wildman–Crippen MR) is 85.2 cm³/mol. The summed E-state index contributed by atoms with van der Waals surface area (Å²) in [4.78, 5) is 4.23.